The number of amides is 2. The van der Waals surface area contributed by atoms with Crippen LogP contribution >= 0.6 is 0 Å². The number of fused-ring (bicyclic) bond motifs is 2. The molecule has 2 heterocycles. The summed E-state index contributed by atoms with van der Waals surface area (Å²) in [6.45, 7) is 5.43. The molecule has 2 aromatic carbocycles. The highest BCUT2D eigenvalue weighted by Gasteiger charge is 2.19. The molecule has 5 heteroatoms. The van der Waals surface area contributed by atoms with Crippen molar-refractivity contribution in [2.24, 2.45) is 5.73 Å². The number of para-hydroxylation sites is 1. The van der Waals surface area contributed by atoms with Crippen LogP contribution in [0.5, 0.6) is 0 Å². The molecule has 1 unspecified atom stereocenters. The first-order chi connectivity index (χ1) is 13.0. The Kier molecular flexibility index (Phi) is 6.48. The van der Waals surface area contributed by atoms with E-state index in [0.717, 1.165) is 51.1 Å². The van der Waals surface area contributed by atoms with Crippen molar-refractivity contribution in [2.75, 3.05) is 24.5 Å². The van der Waals surface area contributed by atoms with Crippen LogP contribution in [-0.2, 0) is 19.4 Å². The second-order valence-electron chi connectivity index (χ2n) is 7.32. The van der Waals surface area contributed by atoms with E-state index >= 15 is 0 Å². The fraction of sp³-hybridized carbons (Fsp3) is 0.409. The van der Waals surface area contributed by atoms with Gasteiger partial charge < -0.3 is 10.8 Å². The van der Waals surface area contributed by atoms with Crippen LogP contribution in [0.25, 0.3) is 0 Å². The number of aryl methyl sites for hydroxylation is 1. The molecule has 5 nitrogen and oxygen atoms in total. The van der Waals surface area contributed by atoms with Crippen LogP contribution in [0.1, 0.15) is 30.0 Å². The van der Waals surface area contributed by atoms with Gasteiger partial charge in [-0.3, -0.25) is 9.80 Å². The summed E-state index contributed by atoms with van der Waals surface area (Å²) in [6, 6.07) is 16.1. The van der Waals surface area contributed by atoms with Gasteiger partial charge in [-0.05, 0) is 48.9 Å². The van der Waals surface area contributed by atoms with Gasteiger partial charge in [0.15, 0.2) is 0 Å². The van der Waals surface area contributed by atoms with E-state index in [-0.39, 0.29) is 12.1 Å². The van der Waals surface area contributed by atoms with Gasteiger partial charge >= 0.3 is 6.03 Å². The van der Waals surface area contributed by atoms with Crippen LogP contribution in [0.4, 0.5) is 10.5 Å². The normalized spacial score (nSPS) is 17.2. The van der Waals surface area contributed by atoms with Crippen molar-refractivity contribution in [1.82, 2.24) is 4.90 Å². The standard InChI is InChI=1S/C12H17NO.C10H12N2O/c1-10(14)8-13-7-6-11-4-2-3-5-12(11)9-13;11-10(13)12-7-3-5-8-4-1-2-6-9(8)12/h2-5,10,14H,6-9H2,1H3;1-2,4,6H,3,5,7H2,(H2,11,13). The highest BCUT2D eigenvalue weighted by atomic mass is 16.3. The van der Waals surface area contributed by atoms with Crippen molar-refractivity contribution < 1.29 is 9.90 Å². The number of carbonyl (C=O) groups excluding carboxylic acids is 1. The van der Waals surface area contributed by atoms with E-state index in [1.54, 1.807) is 4.90 Å². The smallest absolute Gasteiger partial charge is 0.319 e. The Labute approximate surface area is 161 Å². The lowest BCUT2D eigenvalue weighted by atomic mass is 10.00. The average molecular weight is 367 g/mol. The Bertz CT molecular complexity index is 776. The molecule has 0 radical (unpaired) electrons. The number of rotatable bonds is 2. The highest BCUT2D eigenvalue weighted by Crippen LogP contribution is 2.26. The van der Waals surface area contributed by atoms with Gasteiger partial charge in [0.1, 0.15) is 0 Å². The molecule has 1 atom stereocenters. The van der Waals surface area contributed by atoms with Crippen molar-refractivity contribution in [3.8, 4) is 0 Å². The lowest BCUT2D eigenvalue weighted by Gasteiger charge is -2.29. The number of aliphatic hydroxyl groups is 1. The molecule has 2 aliphatic rings. The van der Waals surface area contributed by atoms with Crippen LogP contribution in [0.2, 0.25) is 0 Å². The number of carbonyl (C=O) groups is 1. The van der Waals surface area contributed by atoms with E-state index in [1.165, 1.54) is 16.7 Å². The summed E-state index contributed by atoms with van der Waals surface area (Å²) in [5.41, 5.74) is 10.3. The predicted octanol–water partition coefficient (Wildman–Crippen LogP) is 2.94. The fourth-order valence-electron chi connectivity index (χ4n) is 3.85. The topological polar surface area (TPSA) is 69.8 Å². The lowest BCUT2D eigenvalue weighted by molar-refractivity contribution is 0.119. The summed E-state index contributed by atoms with van der Waals surface area (Å²) in [7, 11) is 0. The number of aliphatic hydroxyl groups excluding tert-OH is 1. The zero-order chi connectivity index (χ0) is 19.2. The molecular formula is C22H29N3O2. The molecule has 144 valence electrons. The van der Waals surface area contributed by atoms with Gasteiger partial charge in [0, 0.05) is 31.9 Å². The molecule has 4 rings (SSSR count). The molecule has 27 heavy (non-hydrogen) atoms. The third-order valence-electron chi connectivity index (χ3n) is 5.11. The Morgan fingerprint density at radius 3 is 2.41 bits per heavy atom. The molecule has 0 saturated carbocycles. The molecule has 2 amide bonds. The molecule has 0 fully saturated rings. The van der Waals surface area contributed by atoms with Crippen LogP contribution in [-0.4, -0.2) is 41.8 Å². The number of nitrogens with two attached hydrogens (primary N) is 1. The van der Waals surface area contributed by atoms with Gasteiger partial charge in [-0.2, -0.15) is 0 Å². The minimum absolute atomic E-state index is 0.222. The van der Waals surface area contributed by atoms with E-state index in [2.05, 4.69) is 29.2 Å². The molecule has 0 saturated heterocycles. The molecule has 2 aliphatic heterocycles. The number of anilines is 1. The molecule has 0 aliphatic carbocycles. The molecule has 3 N–H and O–H groups in total. The number of urea groups is 1. The van der Waals surface area contributed by atoms with E-state index in [0.29, 0.717) is 0 Å². The number of β-amino-alcohol motifs (C(OH)–C–C–N with tert-alkyl or cyclic N) is 1. The van der Waals surface area contributed by atoms with Crippen molar-refractivity contribution >= 4 is 11.7 Å². The highest BCUT2D eigenvalue weighted by molar-refractivity contribution is 5.91. The largest absolute Gasteiger partial charge is 0.392 e. The van der Waals surface area contributed by atoms with Gasteiger partial charge in [0.2, 0.25) is 0 Å². The van der Waals surface area contributed by atoms with Gasteiger partial charge in [0.05, 0.1) is 6.10 Å². The molecule has 0 spiro atoms. The summed E-state index contributed by atoms with van der Waals surface area (Å²) in [5, 5.41) is 9.31. The minimum Gasteiger partial charge on any atom is -0.392 e. The van der Waals surface area contributed by atoms with Crippen LogP contribution in [0.3, 0.4) is 0 Å². The summed E-state index contributed by atoms with van der Waals surface area (Å²) in [6.07, 6.45) is 2.93. The maximum atomic E-state index is 11.1. The molecule has 2 aromatic rings. The van der Waals surface area contributed by atoms with E-state index < -0.39 is 0 Å². The van der Waals surface area contributed by atoms with Crippen molar-refractivity contribution in [3.05, 3.63) is 65.2 Å². The summed E-state index contributed by atoms with van der Waals surface area (Å²) in [4.78, 5) is 15.0. The Hall–Kier alpha value is -2.37. The van der Waals surface area contributed by atoms with Crippen LogP contribution in [0.15, 0.2) is 48.5 Å². The average Bonchev–Trinajstić information content (AvgIpc) is 2.67. The number of hydrogen-bond donors (Lipinski definition) is 2. The first-order valence-electron chi connectivity index (χ1n) is 9.66. The van der Waals surface area contributed by atoms with E-state index in [4.69, 9.17) is 5.73 Å². The monoisotopic (exact) mass is 367 g/mol. The number of hydrogen-bond acceptors (Lipinski definition) is 3. The van der Waals surface area contributed by atoms with E-state index in [9.17, 15) is 9.90 Å². The minimum atomic E-state index is -0.354. The van der Waals surface area contributed by atoms with Gasteiger partial charge in [-0.25, -0.2) is 4.79 Å². The maximum Gasteiger partial charge on any atom is 0.319 e. The van der Waals surface area contributed by atoms with Gasteiger partial charge in [-0.15, -0.1) is 0 Å². The zero-order valence-electron chi connectivity index (χ0n) is 16.0. The molecular weight excluding hydrogens is 338 g/mol. The Balaban J connectivity index is 0.000000156. The Morgan fingerprint density at radius 1 is 1.04 bits per heavy atom. The lowest BCUT2D eigenvalue weighted by Crippen LogP contribution is -2.39. The Morgan fingerprint density at radius 2 is 1.70 bits per heavy atom. The van der Waals surface area contributed by atoms with E-state index in [1.807, 2.05) is 31.2 Å². The SMILES string of the molecule is CC(O)CN1CCc2ccccc2C1.NC(=O)N1CCCc2ccccc21. The maximum absolute atomic E-state index is 11.1. The number of benzene rings is 2. The van der Waals surface area contributed by atoms with Gasteiger partial charge in [0.25, 0.3) is 0 Å². The quantitative estimate of drug-likeness (QED) is 0.857. The summed E-state index contributed by atoms with van der Waals surface area (Å²) >= 11 is 0. The fourth-order valence-corrected chi connectivity index (χ4v) is 3.85. The van der Waals surface area contributed by atoms with Crippen LogP contribution in [0, 0.1) is 0 Å². The number of primary amides is 1. The first-order valence-corrected chi connectivity index (χ1v) is 9.66. The predicted molar refractivity (Wildman–Crippen MR) is 109 cm³/mol. The van der Waals surface area contributed by atoms with Crippen molar-refractivity contribution in [1.29, 1.82) is 0 Å². The first kappa shape index (κ1) is 19.4. The van der Waals surface area contributed by atoms with Crippen molar-refractivity contribution in [2.45, 2.75) is 38.8 Å². The third-order valence-corrected chi connectivity index (χ3v) is 5.11. The molecule has 0 bridgehead atoms. The second kappa shape index (κ2) is 9.02. The number of nitrogens with zero attached hydrogens (tertiary/aromatic N) is 2. The third kappa shape index (κ3) is 5.08. The van der Waals surface area contributed by atoms with Crippen molar-refractivity contribution in [3.63, 3.8) is 0 Å². The van der Waals surface area contributed by atoms with Gasteiger partial charge in [-0.1, -0.05) is 42.5 Å². The molecule has 0 aromatic heterocycles. The zero-order valence-corrected chi connectivity index (χ0v) is 16.0. The van der Waals surface area contributed by atoms with Crippen LogP contribution < -0.4 is 10.6 Å². The summed E-state index contributed by atoms with van der Waals surface area (Å²) < 4.78 is 0. The second-order valence-corrected chi connectivity index (χ2v) is 7.32. The summed E-state index contributed by atoms with van der Waals surface area (Å²) in [5.74, 6) is 0.